The summed E-state index contributed by atoms with van der Waals surface area (Å²) in [5.41, 5.74) is 1.86. The summed E-state index contributed by atoms with van der Waals surface area (Å²) in [7, 11) is 0. The third kappa shape index (κ3) is 3.53. The number of aryl methyl sites for hydroxylation is 1. The quantitative estimate of drug-likeness (QED) is 0.513. The van der Waals surface area contributed by atoms with E-state index in [1.165, 1.54) is 10.7 Å². The van der Waals surface area contributed by atoms with Gasteiger partial charge in [0.25, 0.3) is 11.5 Å². The van der Waals surface area contributed by atoms with Gasteiger partial charge in [-0.25, -0.2) is 4.39 Å². The predicted molar refractivity (Wildman–Crippen MR) is 114 cm³/mol. The average molecular weight is 402 g/mol. The largest absolute Gasteiger partial charge is 0.349 e. The highest BCUT2D eigenvalue weighted by atomic mass is 19.1. The first kappa shape index (κ1) is 19.3. The number of para-hydroxylation sites is 1. The van der Waals surface area contributed by atoms with E-state index in [-0.39, 0.29) is 16.8 Å². The minimum absolute atomic E-state index is 0.210. The van der Waals surface area contributed by atoms with Crippen LogP contribution in [-0.4, -0.2) is 20.3 Å². The molecule has 2 aliphatic rings. The minimum Gasteiger partial charge on any atom is -0.349 e. The molecule has 2 heterocycles. The Labute approximate surface area is 172 Å². The lowest BCUT2D eigenvalue weighted by Crippen LogP contribution is -2.17. The number of pyridine rings is 1. The summed E-state index contributed by atoms with van der Waals surface area (Å²) in [6.07, 6.45) is 4.91. The molecular weight excluding hydrogens is 383 g/mol. The number of carbonyl (C=O) groups is 1. The Bertz CT molecular complexity index is 1270. The molecule has 0 saturated heterocycles. The summed E-state index contributed by atoms with van der Waals surface area (Å²) in [6.45, 7) is 5.76. The Balaban J connectivity index is 1.83. The second-order valence-electron chi connectivity index (χ2n) is 6.89. The number of aromatic nitrogens is 3. The van der Waals surface area contributed by atoms with Crippen molar-refractivity contribution >= 4 is 11.6 Å². The van der Waals surface area contributed by atoms with Crippen LogP contribution in [-0.2, 0) is 6.54 Å². The molecule has 1 N–H and O–H groups in total. The molecule has 0 unspecified atom stereocenters. The van der Waals surface area contributed by atoms with Gasteiger partial charge in [0.05, 0.1) is 16.8 Å². The number of halogens is 1. The van der Waals surface area contributed by atoms with Crippen molar-refractivity contribution in [2.75, 3.05) is 5.32 Å². The van der Waals surface area contributed by atoms with Crippen LogP contribution in [0.1, 0.15) is 15.9 Å². The van der Waals surface area contributed by atoms with Crippen LogP contribution in [0.25, 0.3) is 16.9 Å². The second kappa shape index (κ2) is 7.79. The number of hydrogen-bond acceptors (Lipinski definition) is 3. The van der Waals surface area contributed by atoms with Gasteiger partial charge in [-0.05, 0) is 36.8 Å². The van der Waals surface area contributed by atoms with E-state index in [1.807, 2.05) is 6.07 Å². The van der Waals surface area contributed by atoms with Crippen LogP contribution in [0.5, 0.6) is 0 Å². The van der Waals surface area contributed by atoms with Crippen LogP contribution in [0.3, 0.4) is 0 Å². The van der Waals surface area contributed by atoms with Gasteiger partial charge in [-0.1, -0.05) is 30.3 Å². The molecule has 30 heavy (non-hydrogen) atoms. The minimum atomic E-state index is -0.487. The molecule has 0 spiro atoms. The van der Waals surface area contributed by atoms with Crippen LogP contribution < -0.4 is 10.9 Å². The van der Waals surface area contributed by atoms with Gasteiger partial charge in [0.1, 0.15) is 11.5 Å². The Morgan fingerprint density at radius 2 is 1.97 bits per heavy atom. The zero-order chi connectivity index (χ0) is 21.3. The SMILES string of the molecule is C=CCn1cc(C(=O)Nc2ccc(C)c(F)c2)c2nn(-c3ccccc3)c(=O)c-2c1. The molecule has 150 valence electrons. The van der Waals surface area contributed by atoms with Crippen molar-refractivity contribution in [1.82, 2.24) is 14.3 Å². The number of allylic oxidation sites excluding steroid dienone is 1. The molecule has 0 aromatic heterocycles. The third-order valence-corrected chi connectivity index (χ3v) is 4.74. The average Bonchev–Trinajstić information content (AvgIpc) is 3.08. The normalized spacial score (nSPS) is 10.9. The number of hydrogen-bond donors (Lipinski definition) is 1. The van der Waals surface area contributed by atoms with Crippen molar-refractivity contribution in [2.45, 2.75) is 13.5 Å². The van der Waals surface area contributed by atoms with E-state index in [0.717, 1.165) is 0 Å². The topological polar surface area (TPSA) is 68.9 Å². The maximum Gasteiger partial charge on any atom is 0.282 e. The van der Waals surface area contributed by atoms with E-state index >= 15 is 0 Å². The van der Waals surface area contributed by atoms with Gasteiger partial charge in [-0.3, -0.25) is 9.59 Å². The van der Waals surface area contributed by atoms with E-state index in [2.05, 4.69) is 17.0 Å². The molecule has 2 aromatic carbocycles. The fraction of sp³-hybridized carbons (Fsp3) is 0.0870. The fourth-order valence-electron chi connectivity index (χ4n) is 3.19. The van der Waals surface area contributed by atoms with Crippen LogP contribution in [0.2, 0.25) is 0 Å². The molecule has 0 aliphatic carbocycles. The standard InChI is InChI=1S/C23H19FN4O2/c1-3-11-27-13-18(22(29)25-16-10-9-15(2)20(24)12-16)21-19(14-27)23(30)28(26-21)17-7-5-4-6-8-17/h3-10,12-14H,1,11H2,2H3,(H,25,29). The summed E-state index contributed by atoms with van der Waals surface area (Å²) in [4.78, 5) is 26.0. The van der Waals surface area contributed by atoms with Gasteiger partial charge in [0.15, 0.2) is 0 Å². The van der Waals surface area contributed by atoms with Crippen LogP contribution in [0.15, 0.2) is 78.4 Å². The van der Waals surface area contributed by atoms with Crippen LogP contribution in [0.4, 0.5) is 10.1 Å². The van der Waals surface area contributed by atoms with Crippen molar-refractivity contribution in [3.63, 3.8) is 0 Å². The first-order valence-corrected chi connectivity index (χ1v) is 9.34. The molecule has 7 heteroatoms. The third-order valence-electron chi connectivity index (χ3n) is 4.74. The summed E-state index contributed by atoms with van der Waals surface area (Å²) in [6, 6.07) is 13.4. The highest BCUT2D eigenvalue weighted by Gasteiger charge is 2.24. The maximum absolute atomic E-state index is 13.9. The summed E-state index contributed by atoms with van der Waals surface area (Å²) in [5, 5.41) is 7.09. The molecule has 1 amide bonds. The first-order valence-electron chi connectivity index (χ1n) is 9.34. The predicted octanol–water partition coefficient (Wildman–Crippen LogP) is 4.02. The van der Waals surface area contributed by atoms with Gasteiger partial charge in [0.2, 0.25) is 0 Å². The lowest BCUT2D eigenvalue weighted by molar-refractivity contribution is 0.102. The number of carbonyl (C=O) groups excluding carboxylic acids is 1. The van der Waals surface area contributed by atoms with Crippen molar-refractivity contribution in [2.24, 2.45) is 0 Å². The molecule has 2 aliphatic heterocycles. The molecular formula is C23H19FN4O2. The highest BCUT2D eigenvalue weighted by molar-refractivity contribution is 6.08. The summed E-state index contributed by atoms with van der Waals surface area (Å²) < 4.78 is 16.8. The number of nitrogens with one attached hydrogen (secondary N) is 1. The lowest BCUT2D eigenvalue weighted by Gasteiger charge is -2.12. The van der Waals surface area contributed by atoms with E-state index in [1.54, 1.807) is 66.4 Å². The van der Waals surface area contributed by atoms with Crippen molar-refractivity contribution in [1.29, 1.82) is 0 Å². The van der Waals surface area contributed by atoms with E-state index in [9.17, 15) is 14.0 Å². The van der Waals surface area contributed by atoms with Gasteiger partial charge in [-0.2, -0.15) is 9.78 Å². The molecule has 0 radical (unpaired) electrons. The molecule has 0 fully saturated rings. The fourth-order valence-corrected chi connectivity index (χ4v) is 3.19. The van der Waals surface area contributed by atoms with Gasteiger partial charge in [-0.15, -0.1) is 6.58 Å². The number of rotatable bonds is 5. The molecule has 6 nitrogen and oxygen atoms in total. The zero-order valence-electron chi connectivity index (χ0n) is 16.3. The van der Waals surface area contributed by atoms with Gasteiger partial charge >= 0.3 is 0 Å². The number of amides is 1. The molecule has 0 saturated carbocycles. The Morgan fingerprint density at radius 3 is 2.67 bits per heavy atom. The van der Waals surface area contributed by atoms with Crippen molar-refractivity contribution in [3.05, 3.63) is 101 Å². The smallest absolute Gasteiger partial charge is 0.282 e. The van der Waals surface area contributed by atoms with Crippen LogP contribution in [0, 0.1) is 12.7 Å². The van der Waals surface area contributed by atoms with Gasteiger partial charge < -0.3 is 9.88 Å². The number of nitrogens with zero attached hydrogens (tertiary/aromatic N) is 3. The van der Waals surface area contributed by atoms with Crippen molar-refractivity contribution < 1.29 is 9.18 Å². The Morgan fingerprint density at radius 1 is 1.20 bits per heavy atom. The maximum atomic E-state index is 13.9. The monoisotopic (exact) mass is 402 g/mol. The highest BCUT2D eigenvalue weighted by Crippen LogP contribution is 2.24. The van der Waals surface area contributed by atoms with Crippen LogP contribution >= 0.6 is 0 Å². The lowest BCUT2D eigenvalue weighted by atomic mass is 10.1. The zero-order valence-corrected chi connectivity index (χ0v) is 16.3. The molecule has 4 rings (SSSR count). The number of fused-ring (bicyclic) bond motifs is 1. The molecule has 0 atom stereocenters. The van der Waals surface area contributed by atoms with Gasteiger partial charge in [0, 0.05) is 24.6 Å². The first-order chi connectivity index (χ1) is 14.5. The van der Waals surface area contributed by atoms with E-state index in [0.29, 0.717) is 29.0 Å². The van der Waals surface area contributed by atoms with E-state index in [4.69, 9.17) is 0 Å². The molecule has 2 aromatic rings. The Hall–Kier alpha value is -4.00. The Kier molecular flexibility index (Phi) is 5.02. The second-order valence-corrected chi connectivity index (χ2v) is 6.89. The summed E-state index contributed by atoms with van der Waals surface area (Å²) >= 11 is 0. The molecule has 0 bridgehead atoms. The van der Waals surface area contributed by atoms with Crippen molar-refractivity contribution in [3.8, 4) is 16.9 Å². The summed E-state index contributed by atoms with van der Waals surface area (Å²) in [5.74, 6) is -0.901. The number of benzene rings is 2. The van der Waals surface area contributed by atoms with E-state index < -0.39 is 11.7 Å². The number of anilines is 1.